The molecule has 1 amide bonds. The molecule has 0 aliphatic heterocycles. The van der Waals surface area contributed by atoms with Crippen molar-refractivity contribution in [2.24, 2.45) is 0 Å². The van der Waals surface area contributed by atoms with Gasteiger partial charge in [0, 0.05) is 13.1 Å². The van der Waals surface area contributed by atoms with Gasteiger partial charge in [-0.2, -0.15) is 0 Å². The molecule has 0 atom stereocenters. The number of halogens is 1. The van der Waals surface area contributed by atoms with E-state index in [4.69, 9.17) is 9.15 Å². The largest absolute Gasteiger partial charge is 0.492 e. The van der Waals surface area contributed by atoms with Gasteiger partial charge in [0.1, 0.15) is 18.1 Å². The zero-order valence-corrected chi connectivity index (χ0v) is 14.7. The van der Waals surface area contributed by atoms with Crippen molar-refractivity contribution in [1.82, 2.24) is 4.90 Å². The smallest absolute Gasteiger partial charge is 0.246 e. The molecule has 4 nitrogen and oxygen atoms in total. The Morgan fingerprint density at radius 2 is 2.18 bits per heavy atom. The second kappa shape index (κ2) is 8.03. The summed E-state index contributed by atoms with van der Waals surface area (Å²) in [6, 6.07) is 11.5. The number of rotatable bonds is 6. The van der Waals surface area contributed by atoms with E-state index in [0.717, 1.165) is 15.1 Å². The summed E-state index contributed by atoms with van der Waals surface area (Å²) in [4.78, 5) is 13.6. The first-order valence-electron chi connectivity index (χ1n) is 6.92. The highest BCUT2D eigenvalue weighted by Crippen LogP contribution is 2.13. The van der Waals surface area contributed by atoms with E-state index in [1.165, 1.54) is 6.08 Å². The van der Waals surface area contributed by atoms with Crippen LogP contribution in [-0.2, 0) is 4.79 Å². The highest BCUT2D eigenvalue weighted by atomic mass is 127. The van der Waals surface area contributed by atoms with Crippen LogP contribution >= 0.6 is 22.6 Å². The van der Waals surface area contributed by atoms with Crippen molar-refractivity contribution in [1.29, 1.82) is 0 Å². The van der Waals surface area contributed by atoms with Gasteiger partial charge in [-0.15, -0.1) is 0 Å². The molecule has 22 heavy (non-hydrogen) atoms. The summed E-state index contributed by atoms with van der Waals surface area (Å²) in [5.74, 6) is 1.41. The fraction of sp³-hybridized carbons (Fsp3) is 0.235. The van der Waals surface area contributed by atoms with E-state index >= 15 is 0 Å². The van der Waals surface area contributed by atoms with Gasteiger partial charge in [-0.1, -0.05) is 12.1 Å². The first kappa shape index (κ1) is 16.6. The van der Waals surface area contributed by atoms with Gasteiger partial charge in [-0.3, -0.25) is 4.79 Å². The fourth-order valence-electron chi connectivity index (χ4n) is 1.81. The zero-order valence-electron chi connectivity index (χ0n) is 12.6. The van der Waals surface area contributed by atoms with Gasteiger partial charge in [-0.25, -0.2) is 0 Å². The number of carbonyl (C=O) groups is 1. The van der Waals surface area contributed by atoms with Crippen LogP contribution in [0, 0.1) is 10.7 Å². The van der Waals surface area contributed by atoms with E-state index in [1.807, 2.05) is 43.3 Å². The van der Waals surface area contributed by atoms with Crippen molar-refractivity contribution in [3.63, 3.8) is 0 Å². The van der Waals surface area contributed by atoms with Crippen LogP contribution in [0.15, 0.2) is 46.9 Å². The Labute approximate surface area is 143 Å². The third-order valence-electron chi connectivity index (χ3n) is 3.05. The molecule has 0 saturated carbocycles. The molecule has 0 aliphatic carbocycles. The Balaban J connectivity index is 1.78. The number of furan rings is 1. The molecule has 0 aliphatic rings. The van der Waals surface area contributed by atoms with Crippen molar-refractivity contribution in [3.05, 3.63) is 57.6 Å². The van der Waals surface area contributed by atoms with E-state index in [9.17, 15) is 4.79 Å². The number of amides is 1. The van der Waals surface area contributed by atoms with Crippen LogP contribution in [0.1, 0.15) is 11.3 Å². The average Bonchev–Trinajstić information content (AvgIpc) is 2.90. The van der Waals surface area contributed by atoms with Crippen molar-refractivity contribution in [2.45, 2.75) is 6.92 Å². The summed E-state index contributed by atoms with van der Waals surface area (Å²) in [5, 5.41) is 0. The van der Waals surface area contributed by atoms with Gasteiger partial charge < -0.3 is 14.1 Å². The lowest BCUT2D eigenvalue weighted by molar-refractivity contribution is -0.125. The van der Waals surface area contributed by atoms with E-state index in [0.29, 0.717) is 18.9 Å². The molecule has 5 heteroatoms. The number of likely N-dealkylation sites (N-methyl/N-ethyl adjacent to an activating group) is 1. The van der Waals surface area contributed by atoms with Crippen LogP contribution in [0.4, 0.5) is 0 Å². The third-order valence-corrected chi connectivity index (χ3v) is 3.63. The summed E-state index contributed by atoms with van der Waals surface area (Å²) in [6.07, 6.45) is 3.17. The molecule has 0 saturated heterocycles. The normalized spacial score (nSPS) is 10.9. The molecule has 1 heterocycles. The highest BCUT2D eigenvalue weighted by Gasteiger charge is 2.05. The van der Waals surface area contributed by atoms with Crippen LogP contribution in [-0.4, -0.2) is 31.0 Å². The van der Waals surface area contributed by atoms with E-state index in [-0.39, 0.29) is 5.91 Å². The number of hydrogen-bond acceptors (Lipinski definition) is 3. The number of aryl methyl sites for hydroxylation is 1. The lowest BCUT2D eigenvalue weighted by Gasteiger charge is -2.15. The number of hydrogen-bond donors (Lipinski definition) is 0. The minimum Gasteiger partial charge on any atom is -0.492 e. The average molecular weight is 411 g/mol. The van der Waals surface area contributed by atoms with E-state index < -0.39 is 0 Å². The van der Waals surface area contributed by atoms with Crippen LogP contribution in [0.3, 0.4) is 0 Å². The summed E-state index contributed by atoms with van der Waals surface area (Å²) in [7, 11) is 1.75. The Bertz CT molecular complexity index is 663. The minimum atomic E-state index is -0.0840. The number of benzene rings is 1. The Kier molecular flexibility index (Phi) is 6.06. The molecule has 0 unspecified atom stereocenters. The lowest BCUT2D eigenvalue weighted by Crippen LogP contribution is -2.29. The molecule has 0 radical (unpaired) electrons. The molecule has 0 N–H and O–H groups in total. The Hall–Kier alpha value is -1.76. The molecule has 2 aromatic rings. The molecule has 1 aromatic heterocycles. The fourth-order valence-corrected chi connectivity index (χ4v) is 2.25. The molecule has 0 fully saturated rings. The molecule has 116 valence electrons. The number of carbonyl (C=O) groups excluding carboxylic acids is 1. The quantitative estimate of drug-likeness (QED) is 0.537. The number of ether oxygens (including phenoxy) is 1. The van der Waals surface area contributed by atoms with Crippen LogP contribution in [0.2, 0.25) is 0 Å². The first-order valence-corrected chi connectivity index (χ1v) is 8.00. The summed E-state index contributed by atoms with van der Waals surface area (Å²) < 4.78 is 11.8. The molecule has 0 bridgehead atoms. The lowest BCUT2D eigenvalue weighted by atomic mass is 10.2. The molecular weight excluding hydrogens is 393 g/mol. The Morgan fingerprint density at radius 3 is 2.86 bits per heavy atom. The predicted octanol–water partition coefficient (Wildman–Crippen LogP) is 3.74. The van der Waals surface area contributed by atoms with E-state index in [2.05, 4.69) is 22.6 Å². The third kappa shape index (κ3) is 5.22. The molecule has 2 rings (SSSR count). The maximum atomic E-state index is 12.0. The van der Waals surface area contributed by atoms with Crippen molar-refractivity contribution in [3.8, 4) is 5.75 Å². The Morgan fingerprint density at radius 1 is 1.36 bits per heavy atom. The summed E-state index contributed by atoms with van der Waals surface area (Å²) in [5.41, 5.74) is 1.15. The van der Waals surface area contributed by atoms with Crippen LogP contribution < -0.4 is 4.74 Å². The molecule has 1 aromatic carbocycles. The zero-order chi connectivity index (χ0) is 15.9. The maximum absolute atomic E-state index is 12.0. The predicted molar refractivity (Wildman–Crippen MR) is 94.8 cm³/mol. The van der Waals surface area contributed by atoms with Crippen LogP contribution in [0.5, 0.6) is 5.75 Å². The van der Waals surface area contributed by atoms with Gasteiger partial charge in [0.15, 0.2) is 3.77 Å². The second-order valence-electron chi connectivity index (χ2n) is 4.90. The first-order chi connectivity index (χ1) is 10.5. The summed E-state index contributed by atoms with van der Waals surface area (Å²) in [6.45, 7) is 2.99. The highest BCUT2D eigenvalue weighted by molar-refractivity contribution is 14.1. The van der Waals surface area contributed by atoms with Crippen molar-refractivity contribution < 1.29 is 13.9 Å². The topological polar surface area (TPSA) is 42.7 Å². The van der Waals surface area contributed by atoms with Crippen molar-refractivity contribution in [2.75, 3.05) is 20.2 Å². The SMILES string of the molecule is Cc1cccc(OCCN(C)C(=O)/C=C/c2ccc(I)o2)c1. The summed E-state index contributed by atoms with van der Waals surface area (Å²) >= 11 is 2.08. The van der Waals surface area contributed by atoms with Gasteiger partial charge in [-0.05, 0) is 65.4 Å². The van der Waals surface area contributed by atoms with Crippen LogP contribution in [0.25, 0.3) is 6.08 Å². The van der Waals surface area contributed by atoms with Gasteiger partial charge in [0.05, 0.1) is 6.54 Å². The van der Waals surface area contributed by atoms with Gasteiger partial charge in [0.25, 0.3) is 0 Å². The molecule has 0 spiro atoms. The molecular formula is C17H18INO3. The standard InChI is InChI=1S/C17H18INO3/c1-13-4-3-5-15(12-13)21-11-10-19(2)17(20)9-7-14-6-8-16(18)22-14/h3-9,12H,10-11H2,1-2H3/b9-7+. The van der Waals surface area contributed by atoms with Gasteiger partial charge >= 0.3 is 0 Å². The monoisotopic (exact) mass is 411 g/mol. The van der Waals surface area contributed by atoms with Crippen molar-refractivity contribution >= 4 is 34.6 Å². The number of nitrogens with zero attached hydrogens (tertiary/aromatic N) is 1. The maximum Gasteiger partial charge on any atom is 0.246 e. The second-order valence-corrected chi connectivity index (χ2v) is 5.96. The minimum absolute atomic E-state index is 0.0840. The van der Waals surface area contributed by atoms with E-state index in [1.54, 1.807) is 18.0 Å². The van der Waals surface area contributed by atoms with Gasteiger partial charge in [0.2, 0.25) is 5.91 Å².